The zero-order valence-corrected chi connectivity index (χ0v) is 13.1. The van der Waals surface area contributed by atoms with Crippen LogP contribution in [0.5, 0.6) is 0 Å². The number of ether oxygens (including phenoxy) is 1. The minimum absolute atomic E-state index is 0. The first kappa shape index (κ1) is 17.7. The van der Waals surface area contributed by atoms with Crippen LogP contribution in [0.2, 0.25) is 0 Å². The zero-order valence-electron chi connectivity index (χ0n) is 12.3. The van der Waals surface area contributed by atoms with Crippen LogP contribution in [0.4, 0.5) is 0 Å². The van der Waals surface area contributed by atoms with Crippen molar-refractivity contribution in [2.24, 2.45) is 11.1 Å². The van der Waals surface area contributed by atoms with Gasteiger partial charge in [0, 0.05) is 31.5 Å². The Morgan fingerprint density at radius 1 is 1.50 bits per heavy atom. The monoisotopic (exact) mass is 278 g/mol. The van der Waals surface area contributed by atoms with Crippen LogP contribution in [0.1, 0.15) is 41.0 Å². The number of nitrogens with zero attached hydrogens (tertiary/aromatic N) is 1. The number of hydrogen-bond acceptors (Lipinski definition) is 3. The molecule has 2 atom stereocenters. The van der Waals surface area contributed by atoms with Crippen molar-refractivity contribution in [1.82, 2.24) is 4.90 Å². The van der Waals surface area contributed by atoms with Crippen molar-refractivity contribution in [3.63, 3.8) is 0 Å². The van der Waals surface area contributed by atoms with Crippen LogP contribution in [0.15, 0.2) is 0 Å². The van der Waals surface area contributed by atoms with Crippen LogP contribution in [-0.4, -0.2) is 42.1 Å². The van der Waals surface area contributed by atoms with E-state index in [1.54, 1.807) is 4.90 Å². The molecule has 2 unspecified atom stereocenters. The molecule has 2 N–H and O–H groups in total. The smallest absolute Gasteiger partial charge is 0.243 e. The number of hydrogen-bond donors (Lipinski definition) is 1. The number of amides is 1. The SMILES string of the molecule is CCOC1CC(N)(C(=O)N(C)C(C)C)C1(C)C.Cl. The van der Waals surface area contributed by atoms with E-state index in [1.807, 2.05) is 41.7 Å². The summed E-state index contributed by atoms with van der Waals surface area (Å²) in [6.45, 7) is 10.7. The van der Waals surface area contributed by atoms with Gasteiger partial charge >= 0.3 is 0 Å². The highest BCUT2D eigenvalue weighted by Crippen LogP contribution is 2.50. The second kappa shape index (κ2) is 5.76. The summed E-state index contributed by atoms with van der Waals surface area (Å²) >= 11 is 0. The fraction of sp³-hybridized carbons (Fsp3) is 0.923. The molecule has 4 nitrogen and oxygen atoms in total. The fourth-order valence-corrected chi connectivity index (χ4v) is 2.35. The molecular formula is C13H27ClN2O2. The number of rotatable bonds is 4. The molecule has 1 saturated carbocycles. The Kier molecular flexibility index (Phi) is 5.66. The lowest BCUT2D eigenvalue weighted by Crippen LogP contribution is -2.76. The van der Waals surface area contributed by atoms with Gasteiger partial charge in [-0.1, -0.05) is 13.8 Å². The molecular weight excluding hydrogens is 252 g/mol. The van der Waals surface area contributed by atoms with Gasteiger partial charge in [0.15, 0.2) is 0 Å². The number of halogens is 1. The van der Waals surface area contributed by atoms with E-state index in [-0.39, 0.29) is 35.9 Å². The van der Waals surface area contributed by atoms with E-state index in [1.165, 1.54) is 0 Å². The molecule has 0 spiro atoms. The molecule has 1 fully saturated rings. The van der Waals surface area contributed by atoms with Crippen LogP contribution in [-0.2, 0) is 9.53 Å². The van der Waals surface area contributed by atoms with Gasteiger partial charge in [-0.2, -0.15) is 0 Å². The van der Waals surface area contributed by atoms with E-state index < -0.39 is 5.54 Å². The summed E-state index contributed by atoms with van der Waals surface area (Å²) in [5.41, 5.74) is 5.22. The average Bonchev–Trinajstić information content (AvgIpc) is 2.26. The van der Waals surface area contributed by atoms with Crippen LogP contribution in [0.25, 0.3) is 0 Å². The normalized spacial score (nSPS) is 29.4. The first-order chi connectivity index (χ1) is 7.68. The molecule has 1 aliphatic rings. The molecule has 0 heterocycles. The maximum Gasteiger partial charge on any atom is 0.243 e. The van der Waals surface area contributed by atoms with E-state index in [4.69, 9.17) is 10.5 Å². The van der Waals surface area contributed by atoms with E-state index in [0.29, 0.717) is 13.0 Å². The lowest BCUT2D eigenvalue weighted by atomic mass is 9.54. The van der Waals surface area contributed by atoms with Gasteiger partial charge in [-0.3, -0.25) is 4.79 Å². The van der Waals surface area contributed by atoms with E-state index in [2.05, 4.69) is 0 Å². The average molecular weight is 279 g/mol. The molecule has 18 heavy (non-hydrogen) atoms. The van der Waals surface area contributed by atoms with Gasteiger partial charge in [-0.15, -0.1) is 12.4 Å². The molecule has 0 radical (unpaired) electrons. The van der Waals surface area contributed by atoms with Crippen molar-refractivity contribution < 1.29 is 9.53 Å². The molecule has 0 aromatic carbocycles. The summed E-state index contributed by atoms with van der Waals surface area (Å²) in [5.74, 6) is 0.0217. The summed E-state index contributed by atoms with van der Waals surface area (Å²) in [5, 5.41) is 0. The number of carbonyl (C=O) groups excluding carboxylic acids is 1. The fourth-order valence-electron chi connectivity index (χ4n) is 2.35. The van der Waals surface area contributed by atoms with Gasteiger partial charge in [0.05, 0.1) is 6.10 Å². The van der Waals surface area contributed by atoms with Crippen LogP contribution in [0, 0.1) is 5.41 Å². The van der Waals surface area contributed by atoms with Crippen molar-refractivity contribution in [2.75, 3.05) is 13.7 Å². The lowest BCUT2D eigenvalue weighted by molar-refractivity contribution is -0.179. The number of carbonyl (C=O) groups is 1. The van der Waals surface area contributed by atoms with Crippen LogP contribution >= 0.6 is 12.4 Å². The molecule has 0 bridgehead atoms. The van der Waals surface area contributed by atoms with Crippen molar-refractivity contribution in [1.29, 1.82) is 0 Å². The lowest BCUT2D eigenvalue weighted by Gasteiger charge is -2.58. The third kappa shape index (κ3) is 2.51. The predicted molar refractivity (Wildman–Crippen MR) is 75.9 cm³/mol. The molecule has 108 valence electrons. The van der Waals surface area contributed by atoms with Crippen molar-refractivity contribution >= 4 is 18.3 Å². The standard InChI is InChI=1S/C13H26N2O2.ClH/c1-7-17-10-8-13(14,12(10,4)5)11(16)15(6)9(2)3;/h9-10H,7-8,14H2,1-6H3;1H. The van der Waals surface area contributed by atoms with Crippen molar-refractivity contribution in [3.05, 3.63) is 0 Å². The van der Waals surface area contributed by atoms with Crippen molar-refractivity contribution in [3.8, 4) is 0 Å². The summed E-state index contributed by atoms with van der Waals surface area (Å²) in [7, 11) is 1.81. The quantitative estimate of drug-likeness (QED) is 0.853. The maximum absolute atomic E-state index is 12.4. The van der Waals surface area contributed by atoms with Crippen LogP contribution < -0.4 is 5.73 Å². The third-order valence-corrected chi connectivity index (χ3v) is 4.31. The molecule has 1 rings (SSSR count). The Balaban J connectivity index is 0.00000289. The van der Waals surface area contributed by atoms with Gasteiger partial charge < -0.3 is 15.4 Å². The highest BCUT2D eigenvalue weighted by Gasteiger charge is 2.63. The minimum atomic E-state index is -0.786. The first-order valence-corrected chi connectivity index (χ1v) is 6.36. The van der Waals surface area contributed by atoms with Gasteiger partial charge in [0.25, 0.3) is 0 Å². The Morgan fingerprint density at radius 3 is 2.33 bits per heavy atom. The first-order valence-electron chi connectivity index (χ1n) is 6.36. The third-order valence-electron chi connectivity index (χ3n) is 4.31. The van der Waals surface area contributed by atoms with Gasteiger partial charge in [-0.05, 0) is 20.8 Å². The van der Waals surface area contributed by atoms with Crippen molar-refractivity contribution in [2.45, 2.75) is 58.7 Å². The summed E-state index contributed by atoms with van der Waals surface area (Å²) in [4.78, 5) is 14.1. The predicted octanol–water partition coefficient (Wildman–Crippen LogP) is 1.81. The number of likely N-dealkylation sites (N-methyl/N-ethyl adjacent to an activating group) is 1. The second-order valence-corrected chi connectivity index (χ2v) is 5.85. The van der Waals surface area contributed by atoms with Crippen LogP contribution in [0.3, 0.4) is 0 Å². The second-order valence-electron chi connectivity index (χ2n) is 5.85. The molecule has 5 heteroatoms. The summed E-state index contributed by atoms with van der Waals surface area (Å²) in [6.07, 6.45) is 0.700. The van der Waals surface area contributed by atoms with Gasteiger partial charge in [0.1, 0.15) is 5.54 Å². The van der Waals surface area contributed by atoms with Gasteiger partial charge in [-0.25, -0.2) is 0 Å². The Morgan fingerprint density at radius 2 is 2.00 bits per heavy atom. The maximum atomic E-state index is 12.4. The van der Waals surface area contributed by atoms with E-state index in [0.717, 1.165) is 0 Å². The largest absolute Gasteiger partial charge is 0.378 e. The molecule has 1 amide bonds. The molecule has 0 aromatic rings. The molecule has 0 aliphatic heterocycles. The highest BCUT2D eigenvalue weighted by atomic mass is 35.5. The zero-order chi connectivity index (χ0) is 13.4. The van der Waals surface area contributed by atoms with Gasteiger partial charge in [0.2, 0.25) is 5.91 Å². The Bertz CT molecular complexity index is 307. The Labute approximate surface area is 117 Å². The molecule has 1 aliphatic carbocycles. The number of nitrogens with two attached hydrogens (primary N) is 1. The topological polar surface area (TPSA) is 55.6 Å². The highest BCUT2D eigenvalue weighted by molar-refractivity contribution is 5.88. The van der Waals surface area contributed by atoms with E-state index >= 15 is 0 Å². The Hall–Kier alpha value is -0.320. The molecule has 0 saturated heterocycles. The minimum Gasteiger partial charge on any atom is -0.378 e. The van der Waals surface area contributed by atoms with E-state index in [9.17, 15) is 4.79 Å². The summed E-state index contributed by atoms with van der Waals surface area (Å²) < 4.78 is 5.63. The summed E-state index contributed by atoms with van der Waals surface area (Å²) in [6, 6.07) is 0.171. The molecule has 0 aromatic heterocycles.